The molecule has 1 saturated heterocycles. The van der Waals surface area contributed by atoms with Gasteiger partial charge < -0.3 is 9.80 Å². The van der Waals surface area contributed by atoms with Crippen LogP contribution in [-0.2, 0) is 21.0 Å². The van der Waals surface area contributed by atoms with Crippen molar-refractivity contribution in [2.45, 2.75) is 24.8 Å². The van der Waals surface area contributed by atoms with Gasteiger partial charge in [0.15, 0.2) is 4.87 Å². The first-order valence-electron chi connectivity index (χ1n) is 8.58. The Labute approximate surface area is 151 Å². The number of nitrogens with zero attached hydrogens (tertiary/aromatic N) is 2. The van der Waals surface area contributed by atoms with Crippen LogP contribution in [0.5, 0.6) is 0 Å². The van der Waals surface area contributed by atoms with Gasteiger partial charge in [-0.25, -0.2) is 0 Å². The molecule has 0 aliphatic carbocycles. The molecule has 0 aromatic heterocycles. The number of carbonyl (C=O) groups excluding carboxylic acids is 2. The minimum absolute atomic E-state index is 0.00172. The van der Waals surface area contributed by atoms with Crippen molar-refractivity contribution in [3.63, 3.8) is 0 Å². The van der Waals surface area contributed by atoms with Gasteiger partial charge in [-0.1, -0.05) is 55.5 Å². The van der Waals surface area contributed by atoms with E-state index in [1.54, 1.807) is 16.7 Å². The van der Waals surface area contributed by atoms with Crippen LogP contribution in [0, 0.1) is 0 Å². The SMILES string of the molecule is CCC(=O)N1CCS[C@@]12C(=O)N(Cc1ccccc1)c1ccccc12. The zero-order chi connectivity index (χ0) is 17.4. The van der Waals surface area contributed by atoms with Crippen molar-refractivity contribution in [2.24, 2.45) is 0 Å². The maximum atomic E-state index is 13.5. The number of hydrogen-bond acceptors (Lipinski definition) is 3. The van der Waals surface area contributed by atoms with E-state index in [-0.39, 0.29) is 11.8 Å². The molecule has 4 rings (SSSR count). The van der Waals surface area contributed by atoms with Crippen LogP contribution in [0.4, 0.5) is 5.69 Å². The second-order valence-electron chi connectivity index (χ2n) is 6.29. The Balaban J connectivity index is 1.80. The van der Waals surface area contributed by atoms with Gasteiger partial charge in [-0.3, -0.25) is 9.59 Å². The molecule has 5 heteroatoms. The molecular formula is C20H20N2O2S. The molecule has 0 unspecified atom stereocenters. The maximum absolute atomic E-state index is 13.5. The number of amides is 2. The van der Waals surface area contributed by atoms with Crippen LogP contribution in [0.15, 0.2) is 54.6 Å². The average molecular weight is 352 g/mol. The van der Waals surface area contributed by atoms with E-state index in [2.05, 4.69) is 0 Å². The molecule has 2 aromatic carbocycles. The van der Waals surface area contributed by atoms with Crippen molar-refractivity contribution in [3.8, 4) is 0 Å². The van der Waals surface area contributed by atoms with Crippen LogP contribution >= 0.6 is 11.8 Å². The van der Waals surface area contributed by atoms with E-state index in [9.17, 15) is 9.59 Å². The topological polar surface area (TPSA) is 40.6 Å². The predicted molar refractivity (Wildman–Crippen MR) is 100 cm³/mol. The van der Waals surface area contributed by atoms with E-state index in [1.807, 2.05) is 66.4 Å². The highest BCUT2D eigenvalue weighted by Gasteiger charge is 2.58. The van der Waals surface area contributed by atoms with Gasteiger partial charge in [0, 0.05) is 24.3 Å². The zero-order valence-corrected chi connectivity index (χ0v) is 15.0. The molecule has 1 spiro atoms. The third-order valence-corrected chi connectivity index (χ3v) is 6.31. The standard InChI is InChI=1S/C20H20N2O2S/c1-2-18(23)22-12-13-25-20(22)16-10-6-7-11-17(16)21(19(20)24)14-15-8-4-3-5-9-15/h3-11H,2,12-14H2,1H3/t20-/m0/s1. The smallest absolute Gasteiger partial charge is 0.268 e. The Bertz CT molecular complexity index is 823. The van der Waals surface area contributed by atoms with Crippen LogP contribution in [0.1, 0.15) is 24.5 Å². The van der Waals surface area contributed by atoms with Crippen molar-refractivity contribution in [3.05, 3.63) is 65.7 Å². The summed E-state index contributed by atoms with van der Waals surface area (Å²) < 4.78 is 0. The molecular weight excluding hydrogens is 332 g/mol. The third kappa shape index (κ3) is 2.37. The Morgan fingerprint density at radius 1 is 1.12 bits per heavy atom. The highest BCUT2D eigenvalue weighted by molar-refractivity contribution is 8.01. The molecule has 2 aromatic rings. The average Bonchev–Trinajstić information content (AvgIpc) is 3.20. The monoisotopic (exact) mass is 352 g/mol. The quantitative estimate of drug-likeness (QED) is 0.850. The lowest BCUT2D eigenvalue weighted by Crippen LogP contribution is -2.50. The van der Waals surface area contributed by atoms with Gasteiger partial charge in [0.1, 0.15) is 0 Å². The molecule has 2 aliphatic heterocycles. The molecule has 2 aliphatic rings. The highest BCUT2D eigenvalue weighted by Crippen LogP contribution is 2.54. The van der Waals surface area contributed by atoms with Gasteiger partial charge in [-0.2, -0.15) is 0 Å². The number of benzene rings is 2. The lowest BCUT2D eigenvalue weighted by Gasteiger charge is -2.33. The molecule has 0 bridgehead atoms. The Kier molecular flexibility index (Phi) is 4.04. The predicted octanol–water partition coefficient (Wildman–Crippen LogP) is 3.37. The third-order valence-electron chi connectivity index (χ3n) is 4.89. The van der Waals surface area contributed by atoms with Gasteiger partial charge >= 0.3 is 0 Å². The van der Waals surface area contributed by atoms with Gasteiger partial charge in [0.05, 0.1) is 12.2 Å². The van der Waals surface area contributed by atoms with E-state index in [1.165, 1.54) is 0 Å². The first-order valence-corrected chi connectivity index (χ1v) is 9.57. The Morgan fingerprint density at radius 3 is 2.60 bits per heavy atom. The largest absolute Gasteiger partial charge is 0.315 e. The molecule has 1 atom stereocenters. The van der Waals surface area contributed by atoms with E-state index in [4.69, 9.17) is 0 Å². The summed E-state index contributed by atoms with van der Waals surface area (Å²) in [5, 5.41) is 0. The number of anilines is 1. The molecule has 0 N–H and O–H groups in total. The second-order valence-corrected chi connectivity index (χ2v) is 7.57. The van der Waals surface area contributed by atoms with Gasteiger partial charge in [-0.05, 0) is 11.6 Å². The maximum Gasteiger partial charge on any atom is 0.268 e. The van der Waals surface area contributed by atoms with Crippen molar-refractivity contribution in [1.82, 2.24) is 4.90 Å². The lowest BCUT2D eigenvalue weighted by atomic mass is 10.1. The summed E-state index contributed by atoms with van der Waals surface area (Å²) in [5.41, 5.74) is 2.94. The van der Waals surface area contributed by atoms with E-state index in [0.717, 1.165) is 22.6 Å². The molecule has 25 heavy (non-hydrogen) atoms. The van der Waals surface area contributed by atoms with Crippen molar-refractivity contribution < 1.29 is 9.59 Å². The number of fused-ring (bicyclic) bond motifs is 2. The molecule has 2 heterocycles. The van der Waals surface area contributed by atoms with E-state index in [0.29, 0.717) is 19.5 Å². The fraction of sp³-hybridized carbons (Fsp3) is 0.300. The fourth-order valence-electron chi connectivity index (χ4n) is 3.74. The molecule has 128 valence electrons. The molecule has 1 fully saturated rings. The summed E-state index contributed by atoms with van der Waals surface area (Å²) in [6, 6.07) is 17.9. The van der Waals surface area contributed by atoms with Gasteiger partial charge in [0.25, 0.3) is 5.91 Å². The first kappa shape index (κ1) is 16.2. The van der Waals surface area contributed by atoms with Gasteiger partial charge in [-0.15, -0.1) is 11.8 Å². The molecule has 0 saturated carbocycles. The van der Waals surface area contributed by atoms with Crippen LogP contribution < -0.4 is 4.90 Å². The Hall–Kier alpha value is -2.27. The molecule has 4 nitrogen and oxygen atoms in total. The minimum Gasteiger partial charge on any atom is -0.315 e. The number of para-hydroxylation sites is 1. The van der Waals surface area contributed by atoms with Crippen molar-refractivity contribution in [2.75, 3.05) is 17.2 Å². The van der Waals surface area contributed by atoms with Crippen LogP contribution in [0.25, 0.3) is 0 Å². The number of hydrogen-bond donors (Lipinski definition) is 0. The summed E-state index contributed by atoms with van der Waals surface area (Å²) in [5.74, 6) is 0.821. The van der Waals surface area contributed by atoms with Crippen molar-refractivity contribution >= 4 is 29.3 Å². The first-order chi connectivity index (χ1) is 12.2. The highest BCUT2D eigenvalue weighted by atomic mass is 32.2. The molecule has 0 radical (unpaired) electrons. The summed E-state index contributed by atoms with van der Waals surface area (Å²) in [4.78, 5) is 28.8. The summed E-state index contributed by atoms with van der Waals surface area (Å²) in [7, 11) is 0. The van der Waals surface area contributed by atoms with E-state index >= 15 is 0 Å². The fourth-order valence-corrected chi connectivity index (χ4v) is 5.22. The summed E-state index contributed by atoms with van der Waals surface area (Å²) >= 11 is 1.58. The minimum atomic E-state index is -0.890. The van der Waals surface area contributed by atoms with E-state index < -0.39 is 4.87 Å². The second kappa shape index (κ2) is 6.23. The van der Waals surface area contributed by atoms with Gasteiger partial charge in [0.2, 0.25) is 5.91 Å². The lowest BCUT2D eigenvalue weighted by molar-refractivity contribution is -0.139. The van der Waals surface area contributed by atoms with Crippen LogP contribution in [0.2, 0.25) is 0 Å². The Morgan fingerprint density at radius 2 is 1.84 bits per heavy atom. The summed E-state index contributed by atoms with van der Waals surface area (Å²) in [6.07, 6.45) is 0.413. The number of rotatable bonds is 3. The van der Waals surface area contributed by atoms with Crippen LogP contribution in [-0.4, -0.2) is 29.0 Å². The van der Waals surface area contributed by atoms with Crippen LogP contribution in [0.3, 0.4) is 0 Å². The summed E-state index contributed by atoms with van der Waals surface area (Å²) in [6.45, 7) is 3.00. The number of thioether (sulfide) groups is 1. The molecule has 2 amide bonds. The van der Waals surface area contributed by atoms with Crippen molar-refractivity contribution in [1.29, 1.82) is 0 Å². The number of carbonyl (C=O) groups is 2. The normalized spacial score (nSPS) is 21.9. The zero-order valence-electron chi connectivity index (χ0n) is 14.1.